The number of benzene rings is 2. The van der Waals surface area contributed by atoms with Gasteiger partial charge in [0.15, 0.2) is 0 Å². The summed E-state index contributed by atoms with van der Waals surface area (Å²) in [4.78, 5) is 37.0. The van der Waals surface area contributed by atoms with Crippen molar-refractivity contribution < 1.29 is 24.2 Å². The summed E-state index contributed by atoms with van der Waals surface area (Å²) in [7, 11) is 0. The second-order valence-corrected chi connectivity index (χ2v) is 10.7. The lowest BCUT2D eigenvalue weighted by Crippen LogP contribution is -2.54. The van der Waals surface area contributed by atoms with Gasteiger partial charge in [0.05, 0.1) is 6.42 Å². The first-order valence-corrected chi connectivity index (χ1v) is 12.3. The molecular formula is C28H34N2O5. The number of carbonyl (C=O) groups is 3. The quantitative estimate of drug-likeness (QED) is 0.490. The van der Waals surface area contributed by atoms with Crippen molar-refractivity contribution in [3.63, 3.8) is 0 Å². The number of aliphatic carboxylic acids is 1. The first-order valence-electron chi connectivity index (χ1n) is 12.3. The van der Waals surface area contributed by atoms with Gasteiger partial charge in [-0.05, 0) is 52.3 Å². The fourth-order valence-corrected chi connectivity index (χ4v) is 4.96. The Morgan fingerprint density at radius 2 is 1.57 bits per heavy atom. The molecule has 0 spiro atoms. The van der Waals surface area contributed by atoms with Crippen LogP contribution in [0.3, 0.4) is 0 Å². The Labute approximate surface area is 206 Å². The highest BCUT2D eigenvalue weighted by Crippen LogP contribution is 2.44. The number of carboxylic acids is 1. The molecule has 0 aromatic heterocycles. The molecule has 2 aliphatic rings. The predicted octanol–water partition coefficient (Wildman–Crippen LogP) is 4.56. The molecule has 7 nitrogen and oxygen atoms in total. The summed E-state index contributed by atoms with van der Waals surface area (Å²) in [5.74, 6) is -1.01. The average Bonchev–Trinajstić information content (AvgIpc) is 3.60. The number of carbonyl (C=O) groups excluding carboxylic acids is 2. The molecule has 1 saturated carbocycles. The highest BCUT2D eigenvalue weighted by molar-refractivity contribution is 5.86. The molecular weight excluding hydrogens is 444 g/mol. The van der Waals surface area contributed by atoms with Gasteiger partial charge in [-0.2, -0.15) is 0 Å². The molecule has 1 unspecified atom stereocenters. The molecule has 3 N–H and O–H groups in total. The number of hydrogen-bond donors (Lipinski definition) is 3. The van der Waals surface area contributed by atoms with Crippen molar-refractivity contribution in [1.29, 1.82) is 0 Å². The molecule has 0 aliphatic heterocycles. The fourth-order valence-electron chi connectivity index (χ4n) is 4.96. The topological polar surface area (TPSA) is 105 Å². The van der Waals surface area contributed by atoms with Crippen molar-refractivity contribution in [3.05, 3.63) is 59.7 Å². The molecule has 186 valence electrons. The summed E-state index contributed by atoms with van der Waals surface area (Å²) in [5, 5.41) is 14.8. The zero-order chi connectivity index (χ0) is 25.2. The molecule has 4 rings (SSSR count). The van der Waals surface area contributed by atoms with Gasteiger partial charge in [0.1, 0.15) is 12.6 Å². The lowest BCUT2D eigenvalue weighted by molar-refractivity contribution is -0.138. The van der Waals surface area contributed by atoms with E-state index in [-0.39, 0.29) is 37.3 Å². The van der Waals surface area contributed by atoms with E-state index in [4.69, 9.17) is 9.84 Å². The Kier molecular flexibility index (Phi) is 7.15. The Bertz CT molecular complexity index is 1060. The summed E-state index contributed by atoms with van der Waals surface area (Å²) in [6.07, 6.45) is 1.37. The van der Waals surface area contributed by atoms with Crippen LogP contribution in [0.4, 0.5) is 4.79 Å². The van der Waals surface area contributed by atoms with E-state index < -0.39 is 23.5 Å². The van der Waals surface area contributed by atoms with E-state index >= 15 is 0 Å². The number of hydrogen-bond acceptors (Lipinski definition) is 4. The third kappa shape index (κ3) is 5.84. The van der Waals surface area contributed by atoms with Gasteiger partial charge in [-0.15, -0.1) is 0 Å². The molecule has 2 aromatic carbocycles. The van der Waals surface area contributed by atoms with Crippen molar-refractivity contribution in [2.75, 3.05) is 13.2 Å². The second kappa shape index (κ2) is 10.1. The Morgan fingerprint density at radius 1 is 1.00 bits per heavy atom. The summed E-state index contributed by atoms with van der Waals surface area (Å²) < 4.78 is 5.63. The van der Waals surface area contributed by atoms with Crippen LogP contribution >= 0.6 is 0 Å². The molecule has 2 aliphatic carbocycles. The highest BCUT2D eigenvalue weighted by Gasteiger charge is 2.37. The molecule has 2 atom stereocenters. The van der Waals surface area contributed by atoms with E-state index in [1.807, 2.05) is 45.0 Å². The van der Waals surface area contributed by atoms with E-state index in [1.165, 1.54) is 0 Å². The lowest BCUT2D eigenvalue weighted by atomic mass is 9.86. The summed E-state index contributed by atoms with van der Waals surface area (Å²) in [6.45, 7) is 6.07. The van der Waals surface area contributed by atoms with Crippen LogP contribution in [-0.2, 0) is 14.3 Å². The maximum Gasteiger partial charge on any atom is 0.407 e. The predicted molar refractivity (Wildman–Crippen MR) is 133 cm³/mol. The zero-order valence-electron chi connectivity index (χ0n) is 20.5. The van der Waals surface area contributed by atoms with Gasteiger partial charge in [-0.3, -0.25) is 9.59 Å². The maximum absolute atomic E-state index is 13.0. The SMILES string of the molecule is CC(C)(C)[C@@H](NC(=O)OCC1c2ccccc2-c2ccccc21)C(=O)NCC(CC(=O)O)C1CC1. The molecule has 2 amide bonds. The molecule has 1 fully saturated rings. The van der Waals surface area contributed by atoms with Crippen LogP contribution in [0, 0.1) is 17.3 Å². The van der Waals surface area contributed by atoms with Crippen LogP contribution < -0.4 is 10.6 Å². The van der Waals surface area contributed by atoms with E-state index in [1.54, 1.807) is 0 Å². The molecule has 2 aromatic rings. The summed E-state index contributed by atoms with van der Waals surface area (Å²) >= 11 is 0. The van der Waals surface area contributed by atoms with Gasteiger partial charge in [0.2, 0.25) is 5.91 Å². The normalized spacial score (nSPS) is 16.5. The van der Waals surface area contributed by atoms with Gasteiger partial charge in [-0.25, -0.2) is 4.79 Å². The Morgan fingerprint density at radius 3 is 2.09 bits per heavy atom. The molecule has 0 saturated heterocycles. The number of carboxylic acid groups (broad SMARTS) is 1. The summed E-state index contributed by atoms with van der Waals surface area (Å²) in [5.41, 5.74) is 3.98. The Hall–Kier alpha value is -3.35. The van der Waals surface area contributed by atoms with Crippen molar-refractivity contribution >= 4 is 18.0 Å². The number of nitrogens with one attached hydrogen (secondary N) is 2. The molecule has 35 heavy (non-hydrogen) atoms. The van der Waals surface area contributed by atoms with Gasteiger partial charge in [-0.1, -0.05) is 69.3 Å². The second-order valence-electron chi connectivity index (χ2n) is 10.7. The number of ether oxygens (including phenoxy) is 1. The molecule has 7 heteroatoms. The largest absolute Gasteiger partial charge is 0.481 e. The minimum atomic E-state index is -0.861. The van der Waals surface area contributed by atoms with Crippen molar-refractivity contribution in [3.8, 4) is 11.1 Å². The van der Waals surface area contributed by atoms with Crippen LogP contribution in [0.5, 0.6) is 0 Å². The van der Waals surface area contributed by atoms with E-state index in [9.17, 15) is 14.4 Å². The zero-order valence-corrected chi connectivity index (χ0v) is 20.5. The average molecular weight is 479 g/mol. The lowest BCUT2D eigenvalue weighted by Gasteiger charge is -2.30. The van der Waals surface area contributed by atoms with Gasteiger partial charge < -0.3 is 20.5 Å². The molecule has 0 radical (unpaired) electrons. The summed E-state index contributed by atoms with van der Waals surface area (Å²) in [6, 6.07) is 15.4. The van der Waals surface area contributed by atoms with Crippen LogP contribution in [0.2, 0.25) is 0 Å². The number of alkyl carbamates (subject to hydrolysis) is 1. The van der Waals surface area contributed by atoms with Crippen molar-refractivity contribution in [2.24, 2.45) is 17.3 Å². The van der Waals surface area contributed by atoms with Gasteiger partial charge >= 0.3 is 12.1 Å². The first kappa shape index (κ1) is 24.8. The Balaban J connectivity index is 1.38. The first-order chi connectivity index (χ1) is 16.6. The van der Waals surface area contributed by atoms with E-state index in [0.29, 0.717) is 5.92 Å². The van der Waals surface area contributed by atoms with Crippen LogP contribution in [0.25, 0.3) is 11.1 Å². The number of rotatable bonds is 9. The van der Waals surface area contributed by atoms with Crippen LogP contribution in [0.15, 0.2) is 48.5 Å². The van der Waals surface area contributed by atoms with Gasteiger partial charge in [0, 0.05) is 12.5 Å². The van der Waals surface area contributed by atoms with Crippen molar-refractivity contribution in [1.82, 2.24) is 10.6 Å². The smallest absolute Gasteiger partial charge is 0.407 e. The number of amides is 2. The fraction of sp³-hybridized carbons (Fsp3) is 0.464. The number of fused-ring (bicyclic) bond motifs is 3. The van der Waals surface area contributed by atoms with Crippen LogP contribution in [0.1, 0.15) is 57.1 Å². The monoisotopic (exact) mass is 478 g/mol. The highest BCUT2D eigenvalue weighted by atomic mass is 16.5. The standard InChI is InChI=1S/C28H34N2O5/c1-28(2,3)25(26(33)29-15-18(14-24(31)32)17-12-13-17)30-27(34)35-16-23-21-10-6-4-8-19(21)20-9-5-7-11-22(20)23/h4-11,17-18,23,25H,12-16H2,1-3H3,(H,29,33)(H,30,34)(H,31,32)/t18?,25-/m0/s1. The molecule has 0 heterocycles. The van der Waals surface area contributed by atoms with E-state index in [2.05, 4.69) is 34.9 Å². The van der Waals surface area contributed by atoms with Crippen LogP contribution in [-0.4, -0.2) is 42.3 Å². The van der Waals surface area contributed by atoms with Gasteiger partial charge in [0.25, 0.3) is 0 Å². The van der Waals surface area contributed by atoms with E-state index in [0.717, 1.165) is 35.1 Å². The maximum atomic E-state index is 13.0. The minimum absolute atomic E-state index is 0.0327. The third-order valence-corrected chi connectivity index (χ3v) is 7.00. The third-order valence-electron chi connectivity index (χ3n) is 7.00. The molecule has 0 bridgehead atoms. The van der Waals surface area contributed by atoms with Crippen molar-refractivity contribution in [2.45, 2.75) is 52.0 Å². The minimum Gasteiger partial charge on any atom is -0.481 e.